The molecule has 2 aromatic rings. The number of hydrazone groups is 1. The molecule has 0 unspecified atom stereocenters. The van der Waals surface area contributed by atoms with Crippen LogP contribution < -0.4 is 21.2 Å². The molecule has 4 rings (SSSR count). The van der Waals surface area contributed by atoms with Gasteiger partial charge in [-0.15, -0.1) is 0 Å². The minimum Gasteiger partial charge on any atom is -0.361 e. The van der Waals surface area contributed by atoms with Gasteiger partial charge in [-0.05, 0) is 54.5 Å². The van der Waals surface area contributed by atoms with Crippen LogP contribution in [0.1, 0.15) is 39.0 Å². The fourth-order valence-electron chi connectivity index (χ4n) is 5.22. The number of ketones is 1. The molecular weight excluding hydrogens is 574 g/mol. The van der Waals surface area contributed by atoms with Crippen LogP contribution in [0.25, 0.3) is 10.8 Å². The molecule has 232 valence electrons. The summed E-state index contributed by atoms with van der Waals surface area (Å²) in [7, 11) is -4.20. The lowest BCUT2D eigenvalue weighted by Gasteiger charge is -2.31. The van der Waals surface area contributed by atoms with Crippen molar-refractivity contribution in [1.29, 1.82) is 0 Å². The number of Topliss-reactive ketones (excluding diaryl/α,β-unsaturated/α-hetero) is 1. The lowest BCUT2D eigenvalue weighted by molar-refractivity contribution is -0.137. The molecule has 1 saturated carbocycles. The Morgan fingerprint density at radius 2 is 1.84 bits per heavy atom. The summed E-state index contributed by atoms with van der Waals surface area (Å²) in [5.74, 6) is 2.96. The first kappa shape index (κ1) is 31.9. The number of likely N-dealkylation sites (tertiary alicyclic amines) is 1. The van der Waals surface area contributed by atoms with E-state index < -0.39 is 46.0 Å². The average molecular weight is 614 g/mol. The van der Waals surface area contributed by atoms with Crippen LogP contribution in [-0.4, -0.2) is 92.9 Å². The Hall–Kier alpha value is -4.04. The first-order chi connectivity index (χ1) is 20.6. The van der Waals surface area contributed by atoms with Crippen LogP contribution in [0, 0.1) is 5.92 Å². The molecule has 0 aromatic heterocycles. The van der Waals surface area contributed by atoms with Gasteiger partial charge in [0.15, 0.2) is 0 Å². The molecule has 0 radical (unpaired) electrons. The average Bonchev–Trinajstić information content (AvgIpc) is 3.83. The van der Waals surface area contributed by atoms with Crippen molar-refractivity contribution in [3.8, 4) is 0 Å². The van der Waals surface area contributed by atoms with E-state index in [0.29, 0.717) is 31.3 Å². The van der Waals surface area contributed by atoms with Gasteiger partial charge < -0.3 is 26.3 Å². The van der Waals surface area contributed by atoms with Crippen molar-refractivity contribution in [3.63, 3.8) is 0 Å². The van der Waals surface area contributed by atoms with E-state index in [0.717, 1.165) is 31.7 Å². The van der Waals surface area contributed by atoms with Gasteiger partial charge in [0, 0.05) is 45.7 Å². The standard InChI is InChI=1S/C29H39N7O6S/c1-20(37)28(39)31-12-14-36(24-9-10-24)29(40)26(16-27(38)32-17-21-5-4-13-35(18-21)19-33-30)34-43(41,42)25-11-8-22-6-2-3-7-23(22)15-25/h2-3,6-8,11,15,19,21,24,26,34H,4-5,9-10,12-14,16-18,30H2,1H3,(H,31,39)(H,32,38)/t21-,26-/m0/s1. The minimum atomic E-state index is -4.20. The third kappa shape index (κ3) is 8.97. The highest BCUT2D eigenvalue weighted by Gasteiger charge is 2.38. The molecule has 1 heterocycles. The summed E-state index contributed by atoms with van der Waals surface area (Å²) in [5, 5.41) is 10.5. The van der Waals surface area contributed by atoms with E-state index in [2.05, 4.69) is 20.5 Å². The molecule has 2 aliphatic rings. The van der Waals surface area contributed by atoms with Gasteiger partial charge in [0.1, 0.15) is 12.4 Å². The zero-order valence-corrected chi connectivity index (χ0v) is 25.0. The smallest absolute Gasteiger partial charge is 0.287 e. The number of nitrogens with two attached hydrogens (primary N) is 1. The topological polar surface area (TPSA) is 183 Å². The van der Waals surface area contributed by atoms with E-state index in [-0.39, 0.29) is 29.9 Å². The van der Waals surface area contributed by atoms with Crippen LogP contribution >= 0.6 is 0 Å². The van der Waals surface area contributed by atoms with Crippen LogP contribution in [0.3, 0.4) is 0 Å². The van der Waals surface area contributed by atoms with E-state index >= 15 is 0 Å². The lowest BCUT2D eigenvalue weighted by atomic mass is 9.98. The molecule has 5 N–H and O–H groups in total. The molecule has 13 nitrogen and oxygen atoms in total. The molecule has 0 spiro atoms. The second-order valence-corrected chi connectivity index (χ2v) is 12.7. The Morgan fingerprint density at radius 3 is 2.53 bits per heavy atom. The summed E-state index contributed by atoms with van der Waals surface area (Å²) in [4.78, 5) is 53.4. The highest BCUT2D eigenvalue weighted by atomic mass is 32.2. The molecule has 3 amide bonds. The molecule has 1 saturated heterocycles. The number of benzene rings is 2. The summed E-state index contributed by atoms with van der Waals surface area (Å²) >= 11 is 0. The van der Waals surface area contributed by atoms with Crippen molar-refractivity contribution in [2.45, 2.75) is 56.0 Å². The number of amides is 3. The largest absolute Gasteiger partial charge is 0.361 e. The van der Waals surface area contributed by atoms with Crippen LogP contribution in [0.2, 0.25) is 0 Å². The SMILES string of the molecule is CC(=O)C(=O)NCCN(C(=O)[C@H](CC(=O)NC[C@@H]1CCCN(C=NN)C1)NS(=O)(=O)c1ccc2ccccc2c1)C1CC1. The molecule has 2 fully saturated rings. The molecular formula is C29H39N7O6S. The Bertz CT molecular complexity index is 1480. The fourth-order valence-corrected chi connectivity index (χ4v) is 6.45. The van der Waals surface area contributed by atoms with Gasteiger partial charge in [-0.2, -0.15) is 9.82 Å². The van der Waals surface area contributed by atoms with E-state index in [9.17, 15) is 27.6 Å². The lowest BCUT2D eigenvalue weighted by Crippen LogP contribution is -2.53. The number of carbonyl (C=O) groups excluding carboxylic acids is 4. The fraction of sp³-hybridized carbons (Fsp3) is 0.483. The number of piperidine rings is 1. The highest BCUT2D eigenvalue weighted by molar-refractivity contribution is 7.89. The van der Waals surface area contributed by atoms with Crippen molar-refractivity contribution >= 4 is 50.6 Å². The maximum Gasteiger partial charge on any atom is 0.287 e. The van der Waals surface area contributed by atoms with E-state index in [1.807, 2.05) is 17.0 Å². The predicted octanol–water partition coefficient (Wildman–Crippen LogP) is 0.303. The van der Waals surface area contributed by atoms with Crippen molar-refractivity contribution in [2.75, 3.05) is 32.7 Å². The van der Waals surface area contributed by atoms with Crippen molar-refractivity contribution in [1.82, 2.24) is 25.2 Å². The number of sulfonamides is 1. The number of fused-ring (bicyclic) bond motifs is 1. The van der Waals surface area contributed by atoms with Gasteiger partial charge in [-0.25, -0.2) is 8.42 Å². The van der Waals surface area contributed by atoms with Crippen LogP contribution in [-0.2, 0) is 29.2 Å². The van der Waals surface area contributed by atoms with Crippen molar-refractivity contribution in [2.24, 2.45) is 16.9 Å². The van der Waals surface area contributed by atoms with E-state index in [1.54, 1.807) is 24.5 Å². The first-order valence-corrected chi connectivity index (χ1v) is 15.9. The van der Waals surface area contributed by atoms with Gasteiger partial charge in [0.2, 0.25) is 27.6 Å². The Balaban J connectivity index is 1.49. The van der Waals surface area contributed by atoms with E-state index in [1.165, 1.54) is 17.0 Å². The second-order valence-electron chi connectivity index (χ2n) is 11.0. The van der Waals surface area contributed by atoms with Crippen molar-refractivity contribution in [3.05, 3.63) is 42.5 Å². The number of carbonyl (C=O) groups is 4. The maximum absolute atomic E-state index is 13.8. The van der Waals surface area contributed by atoms with E-state index in [4.69, 9.17) is 5.84 Å². The monoisotopic (exact) mass is 613 g/mol. The molecule has 0 bridgehead atoms. The number of nitrogens with one attached hydrogen (secondary N) is 3. The molecule has 43 heavy (non-hydrogen) atoms. The molecule has 2 aromatic carbocycles. The van der Waals surface area contributed by atoms with Gasteiger partial charge in [0.05, 0.1) is 11.3 Å². The van der Waals surface area contributed by atoms with Gasteiger partial charge >= 0.3 is 0 Å². The number of hydrogen-bond acceptors (Lipinski definition) is 8. The molecule has 1 aliphatic heterocycles. The first-order valence-electron chi connectivity index (χ1n) is 14.4. The second kappa shape index (κ2) is 14.4. The zero-order valence-electron chi connectivity index (χ0n) is 24.2. The summed E-state index contributed by atoms with van der Waals surface area (Å²) < 4.78 is 29.5. The molecule has 14 heteroatoms. The third-order valence-corrected chi connectivity index (χ3v) is 9.08. The summed E-state index contributed by atoms with van der Waals surface area (Å²) in [6.45, 7) is 3.07. The summed E-state index contributed by atoms with van der Waals surface area (Å²) in [6.07, 6.45) is 4.40. The molecule has 1 aliphatic carbocycles. The third-order valence-electron chi connectivity index (χ3n) is 7.61. The highest BCUT2D eigenvalue weighted by Crippen LogP contribution is 2.28. The van der Waals surface area contributed by atoms with Gasteiger partial charge in [-0.3, -0.25) is 19.2 Å². The van der Waals surface area contributed by atoms with Gasteiger partial charge in [0.25, 0.3) is 5.91 Å². The summed E-state index contributed by atoms with van der Waals surface area (Å²) in [5.41, 5.74) is 0. The number of nitrogens with zero attached hydrogens (tertiary/aromatic N) is 3. The number of rotatable bonds is 14. The van der Waals surface area contributed by atoms with Crippen LogP contribution in [0.15, 0.2) is 52.5 Å². The normalized spacial score (nSPS) is 17.9. The van der Waals surface area contributed by atoms with Crippen LogP contribution in [0.4, 0.5) is 0 Å². The summed E-state index contributed by atoms with van der Waals surface area (Å²) in [6, 6.07) is 10.5. The zero-order chi connectivity index (χ0) is 31.0. The minimum absolute atomic E-state index is 0.0152. The van der Waals surface area contributed by atoms with Crippen LogP contribution in [0.5, 0.6) is 0 Å². The van der Waals surface area contributed by atoms with Gasteiger partial charge in [-0.1, -0.05) is 30.3 Å². The quantitative estimate of drug-likeness (QED) is 0.0771. The maximum atomic E-state index is 13.8. The Morgan fingerprint density at radius 1 is 1.09 bits per heavy atom. The predicted molar refractivity (Wildman–Crippen MR) is 161 cm³/mol. The Kier molecular flexibility index (Phi) is 10.7. The number of hydrogen-bond donors (Lipinski definition) is 4. The Labute approximate surface area is 251 Å². The van der Waals surface area contributed by atoms with Crippen molar-refractivity contribution < 1.29 is 27.6 Å². The molecule has 2 atom stereocenters.